The molecule has 0 saturated carbocycles. The fourth-order valence-corrected chi connectivity index (χ4v) is 1.35. The molecule has 2 aromatic rings. The van der Waals surface area contributed by atoms with Crippen molar-refractivity contribution in [2.24, 2.45) is 14.1 Å². The quantitative estimate of drug-likeness (QED) is 0.651. The zero-order valence-corrected chi connectivity index (χ0v) is 8.80. The second-order valence-electron chi connectivity index (χ2n) is 3.34. The van der Waals surface area contributed by atoms with Gasteiger partial charge in [0.1, 0.15) is 5.69 Å². The molecule has 2 heterocycles. The van der Waals surface area contributed by atoms with Gasteiger partial charge in [0.2, 0.25) is 5.78 Å². The first-order valence-electron chi connectivity index (χ1n) is 4.49. The van der Waals surface area contributed by atoms with E-state index < -0.39 is 0 Å². The Labute approximate surface area is 86.5 Å². The summed E-state index contributed by atoms with van der Waals surface area (Å²) in [6.45, 7) is 1.85. The first-order valence-corrected chi connectivity index (χ1v) is 4.49. The molecule has 15 heavy (non-hydrogen) atoms. The number of nitrogens with zero attached hydrogens (tertiary/aromatic N) is 5. The summed E-state index contributed by atoms with van der Waals surface area (Å²) >= 11 is 0. The molecule has 6 heteroatoms. The number of aryl methyl sites for hydroxylation is 2. The molecule has 0 aliphatic carbocycles. The average Bonchev–Trinajstić information content (AvgIpc) is 2.75. The molecule has 0 aliphatic rings. The minimum absolute atomic E-state index is 0.104. The number of aromatic nitrogens is 5. The van der Waals surface area contributed by atoms with E-state index in [0.29, 0.717) is 11.3 Å². The molecular formula is C9H11N5O. The van der Waals surface area contributed by atoms with Crippen molar-refractivity contribution in [1.82, 2.24) is 24.8 Å². The molecule has 0 amide bonds. The SMILES string of the molecule is Cc1c(C(=O)c2cnnn2C)cnn1C. The van der Waals surface area contributed by atoms with Crippen molar-refractivity contribution in [3.63, 3.8) is 0 Å². The van der Waals surface area contributed by atoms with Crippen molar-refractivity contribution >= 4 is 5.78 Å². The predicted molar refractivity (Wildman–Crippen MR) is 52.4 cm³/mol. The van der Waals surface area contributed by atoms with Gasteiger partial charge in [-0.25, -0.2) is 4.68 Å². The number of hydrogen-bond donors (Lipinski definition) is 0. The number of rotatable bonds is 2. The summed E-state index contributed by atoms with van der Waals surface area (Å²) in [5.74, 6) is -0.104. The van der Waals surface area contributed by atoms with E-state index in [1.165, 1.54) is 10.9 Å². The van der Waals surface area contributed by atoms with Crippen molar-refractivity contribution in [3.8, 4) is 0 Å². The Balaban J connectivity index is 2.46. The number of ketones is 1. The van der Waals surface area contributed by atoms with Gasteiger partial charge in [-0.1, -0.05) is 5.21 Å². The molecule has 0 aromatic carbocycles. The molecule has 0 bridgehead atoms. The Hall–Kier alpha value is -1.98. The van der Waals surface area contributed by atoms with Gasteiger partial charge < -0.3 is 0 Å². The summed E-state index contributed by atoms with van der Waals surface area (Å²) in [6, 6.07) is 0. The molecule has 2 aromatic heterocycles. The van der Waals surface area contributed by atoms with E-state index in [4.69, 9.17) is 0 Å². The fourth-order valence-electron chi connectivity index (χ4n) is 1.35. The van der Waals surface area contributed by atoms with Crippen molar-refractivity contribution in [2.45, 2.75) is 6.92 Å². The van der Waals surface area contributed by atoms with Gasteiger partial charge in [0, 0.05) is 19.8 Å². The normalized spacial score (nSPS) is 10.6. The topological polar surface area (TPSA) is 65.6 Å². The summed E-state index contributed by atoms with van der Waals surface area (Å²) in [6.07, 6.45) is 3.01. The number of carbonyl (C=O) groups excluding carboxylic acids is 1. The molecule has 78 valence electrons. The Kier molecular flexibility index (Phi) is 2.11. The monoisotopic (exact) mass is 205 g/mol. The highest BCUT2D eigenvalue weighted by Gasteiger charge is 2.18. The number of hydrogen-bond acceptors (Lipinski definition) is 4. The molecule has 2 rings (SSSR count). The van der Waals surface area contributed by atoms with Crippen LogP contribution in [0.1, 0.15) is 21.7 Å². The first-order chi connectivity index (χ1) is 7.11. The van der Waals surface area contributed by atoms with Gasteiger partial charge in [-0.2, -0.15) is 5.10 Å². The lowest BCUT2D eigenvalue weighted by molar-refractivity contribution is 0.102. The molecule has 0 fully saturated rings. The molecule has 0 atom stereocenters. The summed E-state index contributed by atoms with van der Waals surface area (Å²) in [5.41, 5.74) is 1.88. The van der Waals surface area contributed by atoms with Crippen molar-refractivity contribution in [3.05, 3.63) is 29.3 Å². The van der Waals surface area contributed by atoms with Gasteiger partial charge in [0.25, 0.3) is 0 Å². The lowest BCUT2D eigenvalue weighted by atomic mass is 10.1. The summed E-state index contributed by atoms with van der Waals surface area (Å²) in [4.78, 5) is 12.0. The Bertz CT molecular complexity index is 510. The predicted octanol–water partition coefficient (Wildman–Crippen LogP) is 0.0880. The van der Waals surface area contributed by atoms with E-state index in [9.17, 15) is 4.79 Å². The molecule has 0 aliphatic heterocycles. The van der Waals surface area contributed by atoms with Crippen LogP contribution >= 0.6 is 0 Å². The molecule has 0 saturated heterocycles. The number of carbonyl (C=O) groups is 1. The van der Waals surface area contributed by atoms with Gasteiger partial charge in [0.05, 0.1) is 18.0 Å². The minimum atomic E-state index is -0.104. The lowest BCUT2D eigenvalue weighted by Gasteiger charge is -1.99. The van der Waals surface area contributed by atoms with Gasteiger partial charge in [0.15, 0.2) is 0 Å². The summed E-state index contributed by atoms with van der Waals surface area (Å²) in [7, 11) is 3.49. The van der Waals surface area contributed by atoms with E-state index >= 15 is 0 Å². The van der Waals surface area contributed by atoms with Crippen LogP contribution in [0, 0.1) is 6.92 Å². The van der Waals surface area contributed by atoms with Crippen LogP contribution in [-0.2, 0) is 14.1 Å². The zero-order chi connectivity index (χ0) is 11.0. The maximum atomic E-state index is 12.0. The van der Waals surface area contributed by atoms with Gasteiger partial charge in [-0.3, -0.25) is 9.48 Å². The Morgan fingerprint density at radius 3 is 2.47 bits per heavy atom. The third-order valence-electron chi connectivity index (χ3n) is 2.43. The van der Waals surface area contributed by atoms with Crippen LogP contribution < -0.4 is 0 Å². The molecule has 0 radical (unpaired) electrons. The van der Waals surface area contributed by atoms with Crippen LogP contribution in [-0.4, -0.2) is 30.6 Å². The molecular weight excluding hydrogens is 194 g/mol. The molecule has 0 spiro atoms. The van der Waals surface area contributed by atoms with Gasteiger partial charge >= 0.3 is 0 Å². The third-order valence-corrected chi connectivity index (χ3v) is 2.43. The van der Waals surface area contributed by atoms with E-state index in [1.807, 2.05) is 6.92 Å². The lowest BCUT2D eigenvalue weighted by Crippen LogP contribution is -2.09. The second-order valence-corrected chi connectivity index (χ2v) is 3.34. The van der Waals surface area contributed by atoms with E-state index in [0.717, 1.165) is 5.69 Å². The van der Waals surface area contributed by atoms with Crippen LogP contribution in [0.15, 0.2) is 12.4 Å². The maximum absolute atomic E-state index is 12.0. The van der Waals surface area contributed by atoms with Crippen LogP contribution in [0.4, 0.5) is 0 Å². The van der Waals surface area contributed by atoms with Gasteiger partial charge in [-0.15, -0.1) is 5.10 Å². The fraction of sp³-hybridized carbons (Fsp3) is 0.333. The molecule has 0 unspecified atom stereocenters. The second kappa shape index (κ2) is 3.30. The van der Waals surface area contributed by atoms with Crippen LogP contribution in [0.3, 0.4) is 0 Å². The average molecular weight is 205 g/mol. The highest BCUT2D eigenvalue weighted by molar-refractivity contribution is 6.08. The Morgan fingerprint density at radius 1 is 1.27 bits per heavy atom. The van der Waals surface area contributed by atoms with Crippen LogP contribution in [0.2, 0.25) is 0 Å². The van der Waals surface area contributed by atoms with Crippen molar-refractivity contribution < 1.29 is 4.79 Å². The molecule has 0 N–H and O–H groups in total. The third kappa shape index (κ3) is 1.43. The maximum Gasteiger partial charge on any atom is 0.216 e. The molecule has 6 nitrogen and oxygen atoms in total. The first kappa shape index (κ1) is 9.57. The summed E-state index contributed by atoms with van der Waals surface area (Å²) < 4.78 is 3.12. The van der Waals surface area contributed by atoms with E-state index in [2.05, 4.69) is 15.4 Å². The largest absolute Gasteiger partial charge is 0.287 e. The van der Waals surface area contributed by atoms with E-state index in [-0.39, 0.29) is 5.78 Å². The standard InChI is InChI=1S/C9H11N5O/c1-6-7(4-11-13(6)2)9(15)8-5-10-12-14(8)3/h4-5H,1-3H3. The zero-order valence-electron chi connectivity index (χ0n) is 8.80. The highest BCUT2D eigenvalue weighted by Crippen LogP contribution is 2.11. The van der Waals surface area contributed by atoms with Gasteiger partial charge in [-0.05, 0) is 6.92 Å². The van der Waals surface area contributed by atoms with E-state index in [1.54, 1.807) is 25.0 Å². The minimum Gasteiger partial charge on any atom is -0.287 e. The van der Waals surface area contributed by atoms with Crippen molar-refractivity contribution in [1.29, 1.82) is 0 Å². The van der Waals surface area contributed by atoms with Crippen LogP contribution in [0.25, 0.3) is 0 Å². The summed E-state index contributed by atoms with van der Waals surface area (Å²) in [5, 5.41) is 11.4. The smallest absolute Gasteiger partial charge is 0.216 e. The highest BCUT2D eigenvalue weighted by atomic mass is 16.1. The Morgan fingerprint density at radius 2 is 2.00 bits per heavy atom. The van der Waals surface area contributed by atoms with Crippen LogP contribution in [0.5, 0.6) is 0 Å². The van der Waals surface area contributed by atoms with Crippen molar-refractivity contribution in [2.75, 3.05) is 0 Å².